The van der Waals surface area contributed by atoms with Crippen LogP contribution in [0.3, 0.4) is 0 Å². The fourth-order valence-electron chi connectivity index (χ4n) is 4.31. The highest BCUT2D eigenvalue weighted by Gasteiger charge is 2.41. The van der Waals surface area contributed by atoms with Crippen LogP contribution < -0.4 is 0 Å². The molecule has 25 heavy (non-hydrogen) atoms. The first kappa shape index (κ1) is 16.1. The Bertz CT molecular complexity index is 814. The maximum absolute atomic E-state index is 13.3. The number of pyridine rings is 1. The summed E-state index contributed by atoms with van der Waals surface area (Å²) in [4.78, 5) is 33.7. The maximum Gasteiger partial charge on any atom is 0.273 e. The highest BCUT2D eigenvalue weighted by atomic mass is 16.2. The van der Waals surface area contributed by atoms with E-state index in [0.717, 1.165) is 36.5 Å². The fraction of sp³-hybridized carbons (Fsp3) is 0.450. The largest absolute Gasteiger partial charge is 0.341 e. The molecule has 4 rings (SSSR count). The number of likely N-dealkylation sites (N-methyl/N-ethyl adjacent to an activating group) is 1. The number of benzene rings is 1. The fourth-order valence-corrected chi connectivity index (χ4v) is 4.31. The second-order valence-electron chi connectivity index (χ2n) is 7.05. The molecule has 5 heteroatoms. The van der Waals surface area contributed by atoms with E-state index in [2.05, 4.69) is 4.98 Å². The van der Waals surface area contributed by atoms with E-state index in [1.165, 1.54) is 0 Å². The summed E-state index contributed by atoms with van der Waals surface area (Å²) in [5.41, 5.74) is 0.523. The monoisotopic (exact) mass is 337 g/mol. The zero-order chi connectivity index (χ0) is 17.4. The van der Waals surface area contributed by atoms with Gasteiger partial charge in [-0.15, -0.1) is 0 Å². The van der Waals surface area contributed by atoms with Gasteiger partial charge in [-0.1, -0.05) is 30.7 Å². The average Bonchev–Trinajstić information content (AvgIpc) is 3.05. The number of rotatable bonds is 1. The van der Waals surface area contributed by atoms with E-state index in [-0.39, 0.29) is 23.9 Å². The lowest BCUT2D eigenvalue weighted by Gasteiger charge is -2.35. The van der Waals surface area contributed by atoms with Crippen LogP contribution in [0.1, 0.15) is 42.6 Å². The van der Waals surface area contributed by atoms with Crippen molar-refractivity contribution in [3.05, 3.63) is 42.2 Å². The SMILES string of the molecule is CN1C(=O)CCCC[C@@H]2[C@@H]1CCN2C(=O)c1nccc2ccccc12. The Hall–Kier alpha value is -2.43. The van der Waals surface area contributed by atoms with Gasteiger partial charge >= 0.3 is 0 Å². The highest BCUT2D eigenvalue weighted by molar-refractivity contribution is 6.05. The molecule has 0 aliphatic carbocycles. The van der Waals surface area contributed by atoms with Crippen LogP contribution in [0.2, 0.25) is 0 Å². The van der Waals surface area contributed by atoms with Gasteiger partial charge in [0.05, 0.1) is 12.1 Å². The van der Waals surface area contributed by atoms with E-state index in [1.807, 2.05) is 47.2 Å². The second-order valence-corrected chi connectivity index (χ2v) is 7.05. The molecule has 1 aromatic heterocycles. The van der Waals surface area contributed by atoms with Gasteiger partial charge in [-0.2, -0.15) is 0 Å². The summed E-state index contributed by atoms with van der Waals surface area (Å²) in [6.07, 6.45) is 6.03. The van der Waals surface area contributed by atoms with Crippen LogP contribution in [-0.4, -0.2) is 52.3 Å². The standard InChI is InChI=1S/C20H23N3O2/c1-22-16-11-13-23(17(16)8-4-5-9-18(22)24)20(25)19-15-7-3-2-6-14(15)10-12-21-19/h2-3,6-7,10,12,16-17H,4-5,8-9,11,13H2,1H3/t16-,17+/m0/s1. The predicted octanol–water partition coefficient (Wildman–Crippen LogP) is 2.85. The van der Waals surface area contributed by atoms with Gasteiger partial charge in [-0.3, -0.25) is 14.6 Å². The van der Waals surface area contributed by atoms with Crippen molar-refractivity contribution in [2.75, 3.05) is 13.6 Å². The van der Waals surface area contributed by atoms with Crippen LogP contribution in [0.25, 0.3) is 10.8 Å². The molecule has 2 amide bonds. The third-order valence-electron chi connectivity index (χ3n) is 5.68. The van der Waals surface area contributed by atoms with Gasteiger partial charge < -0.3 is 9.80 Å². The Balaban J connectivity index is 1.67. The number of hydrogen-bond donors (Lipinski definition) is 0. The summed E-state index contributed by atoms with van der Waals surface area (Å²) < 4.78 is 0. The third-order valence-corrected chi connectivity index (χ3v) is 5.68. The lowest BCUT2D eigenvalue weighted by Crippen LogP contribution is -2.48. The van der Waals surface area contributed by atoms with Crippen molar-refractivity contribution in [2.45, 2.75) is 44.2 Å². The molecule has 2 atom stereocenters. The van der Waals surface area contributed by atoms with E-state index in [1.54, 1.807) is 6.20 Å². The Morgan fingerprint density at radius 1 is 1.12 bits per heavy atom. The van der Waals surface area contributed by atoms with Gasteiger partial charge in [0.15, 0.2) is 0 Å². The first-order chi connectivity index (χ1) is 12.2. The zero-order valence-electron chi connectivity index (χ0n) is 14.5. The molecular weight excluding hydrogens is 314 g/mol. The summed E-state index contributed by atoms with van der Waals surface area (Å²) in [7, 11) is 1.88. The molecule has 0 spiro atoms. The molecule has 2 fully saturated rings. The van der Waals surface area contributed by atoms with Crippen molar-refractivity contribution in [3.8, 4) is 0 Å². The summed E-state index contributed by atoms with van der Waals surface area (Å²) in [6, 6.07) is 10.0. The van der Waals surface area contributed by atoms with Crippen LogP contribution in [0, 0.1) is 0 Å². The minimum absolute atomic E-state index is 0.00859. The van der Waals surface area contributed by atoms with Crippen molar-refractivity contribution in [3.63, 3.8) is 0 Å². The molecule has 5 nitrogen and oxygen atoms in total. The van der Waals surface area contributed by atoms with Crippen LogP contribution in [-0.2, 0) is 4.79 Å². The van der Waals surface area contributed by atoms with Gasteiger partial charge in [0.2, 0.25) is 5.91 Å². The minimum atomic E-state index is -0.00859. The lowest BCUT2D eigenvalue weighted by atomic mass is 9.97. The van der Waals surface area contributed by atoms with Crippen molar-refractivity contribution < 1.29 is 9.59 Å². The average molecular weight is 337 g/mol. The van der Waals surface area contributed by atoms with Gasteiger partial charge in [0.1, 0.15) is 5.69 Å². The van der Waals surface area contributed by atoms with E-state index in [0.29, 0.717) is 18.7 Å². The van der Waals surface area contributed by atoms with Crippen molar-refractivity contribution in [1.82, 2.24) is 14.8 Å². The second kappa shape index (κ2) is 6.47. The van der Waals surface area contributed by atoms with Gasteiger partial charge in [-0.05, 0) is 30.7 Å². The van der Waals surface area contributed by atoms with Gasteiger partial charge in [0.25, 0.3) is 5.91 Å². The number of carbonyl (C=O) groups is 2. The number of fused-ring (bicyclic) bond motifs is 2. The molecular formula is C20H23N3O2. The third kappa shape index (κ3) is 2.77. The molecule has 2 saturated heterocycles. The Morgan fingerprint density at radius 3 is 2.84 bits per heavy atom. The molecule has 0 bridgehead atoms. The van der Waals surface area contributed by atoms with Crippen LogP contribution in [0.15, 0.2) is 36.5 Å². The number of nitrogens with zero attached hydrogens (tertiary/aromatic N) is 3. The van der Waals surface area contributed by atoms with Crippen LogP contribution >= 0.6 is 0 Å². The maximum atomic E-state index is 13.3. The Labute approximate surface area is 147 Å². The molecule has 0 unspecified atom stereocenters. The van der Waals surface area contributed by atoms with E-state index >= 15 is 0 Å². The quantitative estimate of drug-likeness (QED) is 0.804. The van der Waals surface area contributed by atoms with Crippen molar-refractivity contribution in [2.24, 2.45) is 0 Å². The molecule has 0 radical (unpaired) electrons. The number of aromatic nitrogens is 1. The van der Waals surface area contributed by atoms with E-state index < -0.39 is 0 Å². The topological polar surface area (TPSA) is 53.5 Å². The predicted molar refractivity (Wildman–Crippen MR) is 96.2 cm³/mol. The molecule has 3 heterocycles. The first-order valence-electron chi connectivity index (χ1n) is 9.07. The number of hydrogen-bond acceptors (Lipinski definition) is 3. The number of amides is 2. The first-order valence-corrected chi connectivity index (χ1v) is 9.07. The van der Waals surface area contributed by atoms with Gasteiger partial charge in [-0.25, -0.2) is 0 Å². The molecule has 0 N–H and O–H groups in total. The minimum Gasteiger partial charge on any atom is -0.341 e. The molecule has 0 saturated carbocycles. The highest BCUT2D eigenvalue weighted by Crippen LogP contribution is 2.31. The number of carbonyl (C=O) groups excluding carboxylic acids is 2. The summed E-state index contributed by atoms with van der Waals surface area (Å²) in [6.45, 7) is 0.691. The van der Waals surface area contributed by atoms with Crippen LogP contribution in [0.4, 0.5) is 0 Å². The van der Waals surface area contributed by atoms with E-state index in [9.17, 15) is 9.59 Å². The molecule has 2 aliphatic rings. The number of likely N-dealkylation sites (tertiary alicyclic amines) is 2. The van der Waals surface area contributed by atoms with Crippen molar-refractivity contribution >= 4 is 22.6 Å². The van der Waals surface area contributed by atoms with Crippen molar-refractivity contribution in [1.29, 1.82) is 0 Å². The summed E-state index contributed by atoms with van der Waals surface area (Å²) >= 11 is 0. The molecule has 2 aromatic rings. The molecule has 1 aromatic carbocycles. The van der Waals surface area contributed by atoms with E-state index in [4.69, 9.17) is 0 Å². The van der Waals surface area contributed by atoms with Gasteiger partial charge in [0, 0.05) is 31.6 Å². The Kier molecular flexibility index (Phi) is 4.15. The smallest absolute Gasteiger partial charge is 0.273 e. The lowest BCUT2D eigenvalue weighted by molar-refractivity contribution is -0.133. The summed E-state index contributed by atoms with van der Waals surface area (Å²) in [5.74, 6) is 0.193. The Morgan fingerprint density at radius 2 is 1.96 bits per heavy atom. The zero-order valence-corrected chi connectivity index (χ0v) is 14.5. The summed E-state index contributed by atoms with van der Waals surface area (Å²) in [5, 5.41) is 1.93. The van der Waals surface area contributed by atoms with Crippen LogP contribution in [0.5, 0.6) is 0 Å². The molecule has 2 aliphatic heterocycles. The molecule has 130 valence electrons. The normalized spacial score (nSPS) is 24.1.